The molecule has 7 rings (SSSR count). The van der Waals surface area contributed by atoms with Gasteiger partial charge in [0.25, 0.3) is 0 Å². The van der Waals surface area contributed by atoms with Crippen molar-refractivity contribution in [2.24, 2.45) is 16.1 Å². The van der Waals surface area contributed by atoms with Crippen LogP contribution in [0.4, 0.5) is 11.4 Å². The number of aromatic hydroxyl groups is 5. The highest BCUT2D eigenvalue weighted by Crippen LogP contribution is 2.57. The van der Waals surface area contributed by atoms with Gasteiger partial charge in [-0.15, -0.1) is 5.11 Å². The average Bonchev–Trinajstić information content (AvgIpc) is 3.30. The number of rotatable bonds is 3. The maximum atomic E-state index is 14.3. The van der Waals surface area contributed by atoms with Crippen molar-refractivity contribution in [1.29, 1.82) is 0 Å². The van der Waals surface area contributed by atoms with Crippen LogP contribution in [0.3, 0.4) is 0 Å². The molecule has 212 valence electrons. The second kappa shape index (κ2) is 9.21. The van der Waals surface area contributed by atoms with E-state index in [1.54, 1.807) is 54.6 Å². The molecule has 4 aromatic carbocycles. The maximum Gasteiger partial charge on any atom is 0.339 e. The van der Waals surface area contributed by atoms with Gasteiger partial charge in [0.05, 0.1) is 11.3 Å². The number of para-hydroxylation sites is 1. The topological polar surface area (TPSA) is 178 Å². The van der Waals surface area contributed by atoms with Gasteiger partial charge in [0.15, 0.2) is 22.9 Å². The van der Waals surface area contributed by atoms with E-state index in [4.69, 9.17) is 9.47 Å². The Morgan fingerprint density at radius 1 is 0.698 bits per heavy atom. The predicted octanol–water partition coefficient (Wildman–Crippen LogP) is 5.60. The minimum atomic E-state index is -1.49. The number of ether oxygens (including phenoxy) is 2. The summed E-state index contributed by atoms with van der Waals surface area (Å²) in [7, 11) is 0. The number of azo groups is 1. The van der Waals surface area contributed by atoms with Crippen LogP contribution in [0.25, 0.3) is 5.57 Å². The fourth-order valence-corrected chi connectivity index (χ4v) is 5.75. The smallest absolute Gasteiger partial charge is 0.339 e. The van der Waals surface area contributed by atoms with E-state index >= 15 is 0 Å². The molecule has 0 saturated carbocycles. The zero-order chi connectivity index (χ0) is 30.0. The van der Waals surface area contributed by atoms with Crippen LogP contribution in [0, 0.1) is 5.92 Å². The second-order valence-corrected chi connectivity index (χ2v) is 10.1. The van der Waals surface area contributed by atoms with Crippen LogP contribution in [0.1, 0.15) is 27.0 Å². The van der Waals surface area contributed by atoms with Crippen molar-refractivity contribution in [1.82, 2.24) is 0 Å². The number of Topliss-reactive ketones (excluding diaryl/α,β-unsaturated/α-hetero) is 1. The third-order valence-electron chi connectivity index (χ3n) is 7.70. The predicted molar refractivity (Wildman–Crippen MR) is 150 cm³/mol. The van der Waals surface area contributed by atoms with E-state index < -0.39 is 46.3 Å². The minimum Gasteiger partial charge on any atom is -0.507 e. The Morgan fingerprint density at radius 2 is 1.44 bits per heavy atom. The zero-order valence-electron chi connectivity index (χ0n) is 21.9. The summed E-state index contributed by atoms with van der Waals surface area (Å²) in [5.74, 6) is -5.05. The van der Waals surface area contributed by atoms with Crippen LogP contribution in [0.5, 0.6) is 34.5 Å². The van der Waals surface area contributed by atoms with Gasteiger partial charge in [0.2, 0.25) is 11.5 Å². The van der Waals surface area contributed by atoms with Crippen molar-refractivity contribution >= 4 is 28.7 Å². The summed E-state index contributed by atoms with van der Waals surface area (Å²) >= 11 is 0. The number of phenolic OH excluding ortho intramolecular Hbond substituents is 5. The highest BCUT2D eigenvalue weighted by atomic mass is 16.6. The van der Waals surface area contributed by atoms with Crippen molar-refractivity contribution in [2.75, 3.05) is 0 Å². The van der Waals surface area contributed by atoms with Gasteiger partial charge in [-0.05, 0) is 36.4 Å². The first-order valence-electron chi connectivity index (χ1n) is 13.0. The Bertz CT molecular complexity index is 2000. The summed E-state index contributed by atoms with van der Waals surface area (Å²) in [6, 6.07) is 19.0. The average molecular weight is 577 g/mol. The van der Waals surface area contributed by atoms with Gasteiger partial charge >= 0.3 is 5.97 Å². The van der Waals surface area contributed by atoms with Crippen molar-refractivity contribution < 1.29 is 44.6 Å². The first-order chi connectivity index (χ1) is 20.7. The number of carbonyl (C=O) groups excluding carboxylic acids is 2. The van der Waals surface area contributed by atoms with E-state index in [1.807, 2.05) is 0 Å². The molecule has 1 aliphatic carbocycles. The van der Waals surface area contributed by atoms with E-state index in [0.29, 0.717) is 28.2 Å². The molecule has 11 heteroatoms. The summed E-state index contributed by atoms with van der Waals surface area (Å²) in [5, 5.41) is 57.5. The second-order valence-electron chi connectivity index (χ2n) is 10.1. The van der Waals surface area contributed by atoms with Crippen LogP contribution < -0.4 is 4.74 Å². The number of phenols is 5. The van der Waals surface area contributed by atoms with E-state index in [0.717, 1.165) is 6.07 Å². The van der Waals surface area contributed by atoms with Crippen LogP contribution >= 0.6 is 0 Å². The van der Waals surface area contributed by atoms with Crippen LogP contribution in [0.2, 0.25) is 0 Å². The molecule has 0 bridgehead atoms. The van der Waals surface area contributed by atoms with E-state index in [-0.39, 0.29) is 28.3 Å². The largest absolute Gasteiger partial charge is 0.507 e. The molecule has 0 fully saturated rings. The standard InChI is InChI=1S/C32H20N2O9/c35-22-13-15(33-34-21-14-23(36)29(39)30(40)28(21)38)9-10-16(22)17-11-12-25-26(27(17)37)32(20-7-3-4-8-24(20)42-25)19-6-2-1-5-18(19)31(41)43-32/h1-14,26,35-36,38-40H. The van der Waals surface area contributed by atoms with Gasteiger partial charge in [0.1, 0.15) is 28.9 Å². The summed E-state index contributed by atoms with van der Waals surface area (Å²) in [4.78, 5) is 27.4. The summed E-state index contributed by atoms with van der Waals surface area (Å²) < 4.78 is 12.2. The molecule has 43 heavy (non-hydrogen) atoms. The van der Waals surface area contributed by atoms with Gasteiger partial charge in [-0.2, -0.15) is 5.11 Å². The quantitative estimate of drug-likeness (QED) is 0.0898. The number of hydrogen-bond donors (Lipinski definition) is 5. The Balaban J connectivity index is 1.28. The number of benzene rings is 4. The molecule has 0 radical (unpaired) electrons. The molecule has 2 atom stereocenters. The molecule has 5 N–H and O–H groups in total. The lowest BCUT2D eigenvalue weighted by Gasteiger charge is -2.43. The molecule has 2 unspecified atom stereocenters. The van der Waals surface area contributed by atoms with Crippen LogP contribution in [-0.4, -0.2) is 37.3 Å². The monoisotopic (exact) mass is 576 g/mol. The van der Waals surface area contributed by atoms with Gasteiger partial charge in [-0.1, -0.05) is 36.4 Å². The molecular weight excluding hydrogens is 556 g/mol. The molecule has 11 nitrogen and oxygen atoms in total. The van der Waals surface area contributed by atoms with Gasteiger partial charge in [-0.3, -0.25) is 4.79 Å². The van der Waals surface area contributed by atoms with Crippen LogP contribution in [-0.2, 0) is 15.1 Å². The number of nitrogens with zero attached hydrogens (tertiary/aromatic N) is 2. The number of carbonyl (C=O) groups is 2. The normalized spacial score (nSPS) is 20.1. The SMILES string of the molecule is O=C1OC2(c3ccccc3OC3=CC=C(c4ccc(N=Nc5cc(O)c(O)c(O)c5O)cc4O)C(=O)C32)c2ccccc21. The molecule has 4 aromatic rings. The number of ketones is 1. The van der Waals surface area contributed by atoms with Crippen molar-refractivity contribution in [3.05, 3.63) is 113 Å². The third kappa shape index (κ3) is 3.68. The fraction of sp³-hybridized carbons (Fsp3) is 0.0625. The number of fused-ring (bicyclic) bond motifs is 6. The highest BCUT2D eigenvalue weighted by molar-refractivity contribution is 6.25. The third-order valence-corrected chi connectivity index (χ3v) is 7.70. The molecular formula is C32H20N2O9. The molecule has 0 aromatic heterocycles. The van der Waals surface area contributed by atoms with E-state index in [1.165, 1.54) is 24.3 Å². The van der Waals surface area contributed by atoms with E-state index in [9.17, 15) is 35.1 Å². The molecule has 3 aliphatic rings. The van der Waals surface area contributed by atoms with Crippen LogP contribution in [0.15, 0.2) is 101 Å². The minimum absolute atomic E-state index is 0.109. The van der Waals surface area contributed by atoms with E-state index in [2.05, 4.69) is 10.2 Å². The number of esters is 1. The van der Waals surface area contributed by atoms with Gasteiger partial charge < -0.3 is 35.0 Å². The maximum absolute atomic E-state index is 14.3. The molecule has 0 saturated heterocycles. The number of hydrogen-bond acceptors (Lipinski definition) is 11. The summed E-state index contributed by atoms with van der Waals surface area (Å²) in [6.45, 7) is 0. The first-order valence-corrected chi connectivity index (χ1v) is 13.0. The molecule has 0 amide bonds. The Morgan fingerprint density at radius 3 is 2.23 bits per heavy atom. The van der Waals surface area contributed by atoms with Crippen molar-refractivity contribution in [2.45, 2.75) is 5.60 Å². The molecule has 2 heterocycles. The molecule has 2 aliphatic heterocycles. The zero-order valence-corrected chi connectivity index (χ0v) is 21.9. The number of allylic oxidation sites excluding steroid dienone is 3. The first kappa shape index (κ1) is 25.8. The Hall–Kier alpha value is -6.10. The van der Waals surface area contributed by atoms with Crippen molar-refractivity contribution in [3.63, 3.8) is 0 Å². The molecule has 1 spiro atoms. The summed E-state index contributed by atoms with van der Waals surface area (Å²) in [5.41, 5.74) is 0.0120. The van der Waals surface area contributed by atoms with Crippen molar-refractivity contribution in [3.8, 4) is 34.5 Å². The Labute approximate surface area is 242 Å². The lowest BCUT2D eigenvalue weighted by Crippen LogP contribution is -2.47. The highest BCUT2D eigenvalue weighted by Gasteiger charge is 2.61. The lowest BCUT2D eigenvalue weighted by atomic mass is 9.68. The van der Waals surface area contributed by atoms with Gasteiger partial charge in [-0.25, -0.2) is 4.79 Å². The summed E-state index contributed by atoms with van der Waals surface area (Å²) in [6.07, 6.45) is 3.14. The lowest BCUT2D eigenvalue weighted by molar-refractivity contribution is -0.124. The van der Waals surface area contributed by atoms with Gasteiger partial charge in [0, 0.05) is 34.4 Å². The fourth-order valence-electron chi connectivity index (χ4n) is 5.75. The Kier molecular flexibility index (Phi) is 5.54.